The number of benzene rings is 1. The highest BCUT2D eigenvalue weighted by Crippen LogP contribution is 2.28. The molecule has 0 heterocycles. The molecule has 0 unspecified atom stereocenters. The van der Waals surface area contributed by atoms with E-state index >= 15 is 0 Å². The van der Waals surface area contributed by atoms with Gasteiger partial charge in [0.15, 0.2) is 0 Å². The maximum absolute atomic E-state index is 11.4. The number of ether oxygens (including phenoxy) is 1. The van der Waals surface area contributed by atoms with Crippen LogP contribution >= 0.6 is 11.8 Å². The summed E-state index contributed by atoms with van der Waals surface area (Å²) < 4.78 is 5.38. The maximum atomic E-state index is 11.4. The first-order valence-corrected chi connectivity index (χ1v) is 7.50. The fourth-order valence-electron chi connectivity index (χ4n) is 1.68. The van der Waals surface area contributed by atoms with Crippen LogP contribution in [0.5, 0.6) is 0 Å². The van der Waals surface area contributed by atoms with Crippen molar-refractivity contribution < 1.29 is 14.6 Å². The highest BCUT2D eigenvalue weighted by Gasteiger charge is 2.15. The summed E-state index contributed by atoms with van der Waals surface area (Å²) in [4.78, 5) is 12.2. The Bertz CT molecular complexity index is 474. The minimum atomic E-state index is -0.910. The predicted octanol–water partition coefficient (Wildman–Crippen LogP) is 3.50. The van der Waals surface area contributed by atoms with Crippen LogP contribution in [0.3, 0.4) is 0 Å². The molecule has 5 heteroatoms. The lowest BCUT2D eigenvalue weighted by Crippen LogP contribution is -2.13. The van der Waals surface area contributed by atoms with Gasteiger partial charge < -0.3 is 15.2 Å². The van der Waals surface area contributed by atoms with E-state index in [-0.39, 0.29) is 0 Å². The van der Waals surface area contributed by atoms with Gasteiger partial charge in [0, 0.05) is 17.1 Å². The molecule has 4 nitrogen and oxygen atoms in total. The fraction of sp³-hybridized carbons (Fsp3) is 0.400. The number of carbonyl (C=O) groups is 1. The van der Waals surface area contributed by atoms with Crippen LogP contribution in [-0.2, 0) is 4.74 Å². The molecule has 1 rings (SSSR count). The first-order chi connectivity index (χ1) is 9.56. The van der Waals surface area contributed by atoms with Gasteiger partial charge in [-0.1, -0.05) is 25.1 Å². The molecular weight excluding hydrogens is 274 g/mol. The van der Waals surface area contributed by atoms with Crippen molar-refractivity contribution in [2.75, 3.05) is 30.8 Å². The molecule has 0 atom stereocenters. The van der Waals surface area contributed by atoms with Crippen molar-refractivity contribution in [3.63, 3.8) is 0 Å². The first-order valence-electron chi connectivity index (χ1n) is 6.51. The summed E-state index contributed by atoms with van der Waals surface area (Å²) in [5, 5.41) is 12.5. The van der Waals surface area contributed by atoms with Crippen LogP contribution in [0.15, 0.2) is 35.2 Å². The normalized spacial score (nSPS) is 10.3. The zero-order valence-corrected chi connectivity index (χ0v) is 12.8. The van der Waals surface area contributed by atoms with Crippen molar-refractivity contribution >= 4 is 23.4 Å². The summed E-state index contributed by atoms with van der Waals surface area (Å²) in [5.74, 6) is -0.0715. The van der Waals surface area contributed by atoms with Crippen LogP contribution < -0.4 is 5.32 Å². The molecule has 2 N–H and O–H groups in total. The van der Waals surface area contributed by atoms with E-state index in [1.165, 1.54) is 11.8 Å². The molecule has 20 heavy (non-hydrogen) atoms. The Labute approximate surface area is 124 Å². The molecule has 0 saturated heterocycles. The Balaban J connectivity index is 2.66. The van der Waals surface area contributed by atoms with E-state index in [4.69, 9.17) is 4.74 Å². The van der Waals surface area contributed by atoms with E-state index in [0.29, 0.717) is 31.0 Å². The second-order valence-electron chi connectivity index (χ2n) is 4.35. The molecule has 0 fully saturated rings. The number of hydrogen-bond acceptors (Lipinski definition) is 4. The number of rotatable bonds is 9. The van der Waals surface area contributed by atoms with Gasteiger partial charge in [-0.2, -0.15) is 0 Å². The molecule has 110 valence electrons. The molecule has 0 saturated carbocycles. The van der Waals surface area contributed by atoms with Gasteiger partial charge in [-0.3, -0.25) is 0 Å². The van der Waals surface area contributed by atoms with Gasteiger partial charge in [0.25, 0.3) is 0 Å². The highest BCUT2D eigenvalue weighted by molar-refractivity contribution is 7.99. The number of carboxylic acids is 1. The Kier molecular flexibility index (Phi) is 7.18. The number of aromatic carboxylic acids is 1. The van der Waals surface area contributed by atoms with Gasteiger partial charge in [-0.05, 0) is 24.8 Å². The van der Waals surface area contributed by atoms with Crippen molar-refractivity contribution in [3.05, 3.63) is 35.9 Å². The van der Waals surface area contributed by atoms with E-state index in [0.717, 1.165) is 16.2 Å². The number of hydrogen-bond donors (Lipinski definition) is 2. The summed E-state index contributed by atoms with van der Waals surface area (Å²) >= 11 is 1.53. The number of anilines is 1. The third-order valence-electron chi connectivity index (χ3n) is 2.45. The molecule has 0 bridgehead atoms. The summed E-state index contributed by atoms with van der Waals surface area (Å²) in [6.07, 6.45) is 0. The first kappa shape index (κ1) is 16.6. The van der Waals surface area contributed by atoms with Crippen LogP contribution in [0.4, 0.5) is 5.69 Å². The Morgan fingerprint density at radius 2 is 2.25 bits per heavy atom. The zero-order chi connectivity index (χ0) is 15.0. The monoisotopic (exact) mass is 295 g/mol. The standard InChI is InChI=1S/C15H21NO3S/c1-4-20-13-7-5-6-12(14(13)15(17)18)16-8-9-19-10-11(2)3/h5-7,16H,2,4,8-10H2,1,3H3,(H,17,18). The Morgan fingerprint density at radius 3 is 2.85 bits per heavy atom. The Morgan fingerprint density at radius 1 is 1.50 bits per heavy atom. The smallest absolute Gasteiger partial charge is 0.338 e. The largest absolute Gasteiger partial charge is 0.478 e. The molecule has 0 spiro atoms. The van der Waals surface area contributed by atoms with Gasteiger partial charge >= 0.3 is 5.97 Å². The average molecular weight is 295 g/mol. The van der Waals surface area contributed by atoms with Crippen LogP contribution in [0, 0.1) is 0 Å². The molecule has 0 aromatic heterocycles. The number of thioether (sulfide) groups is 1. The third kappa shape index (κ3) is 5.27. The highest BCUT2D eigenvalue weighted by atomic mass is 32.2. The SMILES string of the molecule is C=C(C)COCCNc1cccc(SCC)c1C(=O)O. The van der Waals surface area contributed by atoms with E-state index < -0.39 is 5.97 Å². The minimum absolute atomic E-state index is 0.333. The minimum Gasteiger partial charge on any atom is -0.478 e. The van der Waals surface area contributed by atoms with E-state index in [1.807, 2.05) is 26.0 Å². The zero-order valence-electron chi connectivity index (χ0n) is 11.9. The molecule has 0 aliphatic rings. The summed E-state index contributed by atoms with van der Waals surface area (Å²) in [7, 11) is 0. The van der Waals surface area contributed by atoms with Crippen molar-refractivity contribution in [1.29, 1.82) is 0 Å². The van der Waals surface area contributed by atoms with Crippen LogP contribution in [0.25, 0.3) is 0 Å². The average Bonchev–Trinajstić information content (AvgIpc) is 2.38. The summed E-state index contributed by atoms with van der Waals surface area (Å²) in [6.45, 7) is 9.26. The lowest BCUT2D eigenvalue weighted by molar-refractivity contribution is 0.0694. The third-order valence-corrected chi connectivity index (χ3v) is 3.39. The van der Waals surface area contributed by atoms with Crippen molar-refractivity contribution in [3.8, 4) is 0 Å². The number of nitrogens with one attached hydrogen (secondary N) is 1. The molecule has 1 aromatic rings. The molecular formula is C15H21NO3S. The second-order valence-corrected chi connectivity index (χ2v) is 5.66. The van der Waals surface area contributed by atoms with Crippen LogP contribution in [0.1, 0.15) is 24.2 Å². The molecule has 0 amide bonds. The fourth-order valence-corrected chi connectivity index (χ4v) is 2.51. The summed E-state index contributed by atoms with van der Waals surface area (Å²) in [5.41, 5.74) is 1.94. The quantitative estimate of drug-likeness (QED) is 0.415. The number of carboxylic acid groups (broad SMARTS) is 1. The second kappa shape index (κ2) is 8.66. The lowest BCUT2D eigenvalue weighted by atomic mass is 10.2. The van der Waals surface area contributed by atoms with Gasteiger partial charge in [-0.15, -0.1) is 11.8 Å². The summed E-state index contributed by atoms with van der Waals surface area (Å²) in [6, 6.07) is 5.48. The van der Waals surface area contributed by atoms with Gasteiger partial charge in [0.2, 0.25) is 0 Å². The van der Waals surface area contributed by atoms with Crippen LogP contribution in [-0.4, -0.2) is 36.6 Å². The molecule has 0 aliphatic heterocycles. The lowest BCUT2D eigenvalue weighted by Gasteiger charge is -2.13. The van der Waals surface area contributed by atoms with Gasteiger partial charge in [-0.25, -0.2) is 4.79 Å². The molecule has 0 radical (unpaired) electrons. The molecule has 1 aromatic carbocycles. The van der Waals surface area contributed by atoms with Crippen LogP contribution in [0.2, 0.25) is 0 Å². The maximum Gasteiger partial charge on any atom is 0.338 e. The van der Waals surface area contributed by atoms with Gasteiger partial charge in [0.1, 0.15) is 0 Å². The van der Waals surface area contributed by atoms with E-state index in [1.54, 1.807) is 6.07 Å². The van der Waals surface area contributed by atoms with Crippen molar-refractivity contribution in [2.45, 2.75) is 18.7 Å². The van der Waals surface area contributed by atoms with E-state index in [2.05, 4.69) is 11.9 Å². The molecule has 0 aliphatic carbocycles. The predicted molar refractivity (Wildman–Crippen MR) is 83.9 cm³/mol. The Hall–Kier alpha value is -1.46. The van der Waals surface area contributed by atoms with E-state index in [9.17, 15) is 9.90 Å². The topological polar surface area (TPSA) is 58.6 Å². The van der Waals surface area contributed by atoms with Crippen molar-refractivity contribution in [1.82, 2.24) is 0 Å². The van der Waals surface area contributed by atoms with Gasteiger partial charge in [0.05, 0.1) is 18.8 Å². The van der Waals surface area contributed by atoms with Crippen molar-refractivity contribution in [2.24, 2.45) is 0 Å².